The van der Waals surface area contributed by atoms with Crippen molar-refractivity contribution in [3.63, 3.8) is 0 Å². The molecule has 0 amide bonds. The van der Waals surface area contributed by atoms with Crippen LogP contribution in [0.25, 0.3) is 11.1 Å². The van der Waals surface area contributed by atoms with Crippen molar-refractivity contribution in [2.24, 2.45) is 0 Å². The number of sulfonamides is 1. The minimum Gasteiger partial charge on any atom is -0.363 e. The Kier molecular flexibility index (Phi) is 6.58. The number of nitrogens with zero attached hydrogens (tertiary/aromatic N) is 3. The van der Waals surface area contributed by atoms with E-state index in [1.165, 1.54) is 4.31 Å². The molecule has 0 saturated carbocycles. The van der Waals surface area contributed by atoms with Crippen molar-refractivity contribution >= 4 is 69.2 Å². The number of nitrogens with one attached hydrogen (secondary N) is 1. The normalized spacial score (nSPS) is 15.1. The van der Waals surface area contributed by atoms with Gasteiger partial charge in [0.1, 0.15) is 4.90 Å². The third-order valence-corrected chi connectivity index (χ3v) is 10.0. The van der Waals surface area contributed by atoms with Crippen molar-refractivity contribution in [3.8, 4) is 11.1 Å². The molecule has 1 aromatic heterocycles. The number of aromatic amines is 1. The highest BCUT2D eigenvalue weighted by atomic mass is 79.9. The SMILES string of the molecule is O=S1(=O)c2cc(Br)c(Br)cc2N(Cc2cnc[nH]2)CCN1c1c(Br)cccc1-c1ccccc1. The number of para-hydroxylation sites is 1. The number of anilines is 2. The molecule has 174 valence electrons. The molecule has 1 N–H and O–H groups in total. The van der Waals surface area contributed by atoms with Crippen molar-refractivity contribution in [2.45, 2.75) is 11.4 Å². The van der Waals surface area contributed by atoms with E-state index in [1.54, 1.807) is 18.6 Å². The minimum absolute atomic E-state index is 0.245. The summed E-state index contributed by atoms with van der Waals surface area (Å²) in [7, 11) is -3.89. The van der Waals surface area contributed by atoms with Gasteiger partial charge in [-0.25, -0.2) is 13.4 Å². The summed E-state index contributed by atoms with van der Waals surface area (Å²) in [4.78, 5) is 9.54. The zero-order valence-electron chi connectivity index (χ0n) is 17.7. The molecule has 4 aromatic rings. The Bertz CT molecular complexity index is 1440. The topological polar surface area (TPSA) is 69.3 Å². The van der Waals surface area contributed by atoms with E-state index in [-0.39, 0.29) is 11.4 Å². The van der Waals surface area contributed by atoms with E-state index in [9.17, 15) is 8.42 Å². The Morgan fingerprint density at radius 3 is 2.41 bits per heavy atom. The molecule has 6 nitrogen and oxygen atoms in total. The van der Waals surface area contributed by atoms with Crippen molar-refractivity contribution in [2.75, 3.05) is 22.3 Å². The van der Waals surface area contributed by atoms with Crippen molar-refractivity contribution < 1.29 is 8.42 Å². The lowest BCUT2D eigenvalue weighted by Crippen LogP contribution is -2.35. The molecule has 0 spiro atoms. The fraction of sp³-hybridized carbons (Fsp3) is 0.125. The fourth-order valence-electron chi connectivity index (χ4n) is 4.14. The van der Waals surface area contributed by atoms with Crippen LogP contribution in [0.2, 0.25) is 0 Å². The average molecular weight is 667 g/mol. The first-order valence-electron chi connectivity index (χ1n) is 10.4. The molecule has 0 fully saturated rings. The molecule has 10 heteroatoms. The largest absolute Gasteiger partial charge is 0.363 e. The van der Waals surface area contributed by atoms with Gasteiger partial charge in [0, 0.05) is 31.7 Å². The maximum atomic E-state index is 14.2. The summed E-state index contributed by atoms with van der Waals surface area (Å²) in [5, 5.41) is 0. The maximum absolute atomic E-state index is 14.2. The summed E-state index contributed by atoms with van der Waals surface area (Å²) in [5.74, 6) is 0. The van der Waals surface area contributed by atoms with Crippen LogP contribution in [0.3, 0.4) is 0 Å². The molecule has 0 aliphatic carbocycles. The number of aromatic nitrogens is 2. The minimum atomic E-state index is -3.89. The number of fused-ring (bicyclic) bond motifs is 1. The second-order valence-electron chi connectivity index (χ2n) is 7.81. The number of H-pyrrole nitrogens is 1. The first-order valence-corrected chi connectivity index (χ1v) is 14.3. The van der Waals surface area contributed by atoms with E-state index in [0.717, 1.165) is 25.8 Å². The second kappa shape index (κ2) is 9.49. The van der Waals surface area contributed by atoms with Gasteiger partial charge in [0.25, 0.3) is 10.0 Å². The lowest BCUT2D eigenvalue weighted by atomic mass is 10.0. The molecule has 1 aliphatic heterocycles. The van der Waals surface area contributed by atoms with E-state index in [2.05, 4.69) is 62.7 Å². The Morgan fingerprint density at radius 1 is 0.912 bits per heavy atom. The van der Waals surface area contributed by atoms with Gasteiger partial charge in [-0.15, -0.1) is 0 Å². The van der Waals surface area contributed by atoms with E-state index in [4.69, 9.17) is 0 Å². The van der Waals surface area contributed by atoms with Crippen LogP contribution in [0, 0.1) is 0 Å². The lowest BCUT2D eigenvalue weighted by Gasteiger charge is -2.26. The third-order valence-electron chi connectivity index (χ3n) is 5.72. The van der Waals surface area contributed by atoms with Gasteiger partial charge in [-0.2, -0.15) is 0 Å². The molecule has 1 aliphatic rings. The summed E-state index contributed by atoms with van der Waals surface area (Å²) >= 11 is 10.7. The Labute approximate surface area is 223 Å². The Morgan fingerprint density at radius 2 is 1.68 bits per heavy atom. The van der Waals surface area contributed by atoms with Crippen LogP contribution in [0.15, 0.2) is 91.5 Å². The number of imidazole rings is 1. The molecule has 0 unspecified atom stereocenters. The van der Waals surface area contributed by atoms with E-state index in [0.29, 0.717) is 28.9 Å². The van der Waals surface area contributed by atoms with Crippen LogP contribution in [0.4, 0.5) is 11.4 Å². The number of halogens is 3. The first-order chi connectivity index (χ1) is 16.4. The van der Waals surface area contributed by atoms with Crippen LogP contribution in [-0.2, 0) is 16.6 Å². The number of benzene rings is 3. The highest BCUT2D eigenvalue weighted by Crippen LogP contribution is 2.44. The molecule has 0 saturated heterocycles. The smallest absolute Gasteiger partial charge is 0.266 e. The van der Waals surface area contributed by atoms with Crippen LogP contribution in [-0.4, -0.2) is 31.5 Å². The molecule has 2 heterocycles. The summed E-state index contributed by atoms with van der Waals surface area (Å²) < 4.78 is 32.1. The van der Waals surface area contributed by atoms with Crippen molar-refractivity contribution in [3.05, 3.63) is 92.3 Å². The monoisotopic (exact) mass is 664 g/mol. The van der Waals surface area contributed by atoms with Crippen LogP contribution >= 0.6 is 47.8 Å². The average Bonchev–Trinajstić information content (AvgIpc) is 3.31. The lowest BCUT2D eigenvalue weighted by molar-refractivity contribution is 0.593. The molecular weight excluding hydrogens is 648 g/mol. The third kappa shape index (κ3) is 4.32. The zero-order chi connectivity index (χ0) is 23.9. The van der Waals surface area contributed by atoms with Crippen LogP contribution in [0.1, 0.15) is 5.69 Å². The molecule has 3 aromatic carbocycles. The van der Waals surface area contributed by atoms with E-state index < -0.39 is 10.0 Å². The highest BCUT2D eigenvalue weighted by Gasteiger charge is 2.36. The van der Waals surface area contributed by atoms with Crippen molar-refractivity contribution in [1.82, 2.24) is 9.97 Å². The van der Waals surface area contributed by atoms with Gasteiger partial charge in [-0.1, -0.05) is 42.5 Å². The summed E-state index contributed by atoms with van der Waals surface area (Å²) in [6.45, 7) is 1.28. The molecule has 0 atom stereocenters. The Hall–Kier alpha value is -2.14. The molecule has 5 rings (SSSR count). The van der Waals surface area contributed by atoms with Gasteiger partial charge in [0.2, 0.25) is 0 Å². The quantitative estimate of drug-likeness (QED) is 0.267. The van der Waals surface area contributed by atoms with Gasteiger partial charge < -0.3 is 9.88 Å². The second-order valence-corrected chi connectivity index (χ2v) is 12.2. The standard InChI is InChI=1S/C24H19Br3N4O2S/c25-19-8-4-7-18(16-5-2-1-3-6-16)24(19)31-10-9-30(14-17-13-28-15-29-17)22-11-20(26)21(27)12-23(22)34(31,32)33/h1-8,11-13,15H,9-10,14H2,(H,28,29). The van der Waals surface area contributed by atoms with E-state index >= 15 is 0 Å². The fourth-order valence-corrected chi connectivity index (χ4v) is 7.37. The summed E-state index contributed by atoms with van der Waals surface area (Å²) in [6, 6.07) is 19.1. The summed E-state index contributed by atoms with van der Waals surface area (Å²) in [5.41, 5.74) is 3.97. The van der Waals surface area contributed by atoms with E-state index in [1.807, 2.05) is 54.6 Å². The van der Waals surface area contributed by atoms with Crippen molar-refractivity contribution in [1.29, 1.82) is 0 Å². The van der Waals surface area contributed by atoms with Gasteiger partial charge in [0.05, 0.1) is 36.5 Å². The number of rotatable bonds is 4. The van der Waals surface area contributed by atoms with Gasteiger partial charge in [-0.3, -0.25) is 4.31 Å². The molecule has 0 bridgehead atoms. The highest BCUT2D eigenvalue weighted by molar-refractivity contribution is 9.13. The number of hydrogen-bond donors (Lipinski definition) is 1. The molecule has 34 heavy (non-hydrogen) atoms. The van der Waals surface area contributed by atoms with Crippen LogP contribution in [0.5, 0.6) is 0 Å². The predicted molar refractivity (Wildman–Crippen MR) is 146 cm³/mol. The van der Waals surface area contributed by atoms with Gasteiger partial charge in [-0.05, 0) is 71.6 Å². The van der Waals surface area contributed by atoms with Crippen LogP contribution < -0.4 is 9.21 Å². The summed E-state index contributed by atoms with van der Waals surface area (Å²) in [6.07, 6.45) is 3.38. The Balaban J connectivity index is 1.70. The zero-order valence-corrected chi connectivity index (χ0v) is 23.3. The molecule has 0 radical (unpaired) electrons. The maximum Gasteiger partial charge on any atom is 0.266 e. The molecular formula is C24H19Br3N4O2S. The van der Waals surface area contributed by atoms with Gasteiger partial charge in [0.15, 0.2) is 0 Å². The predicted octanol–water partition coefficient (Wildman–Crippen LogP) is 6.58. The first kappa shape index (κ1) is 23.6. The number of hydrogen-bond acceptors (Lipinski definition) is 4. The van der Waals surface area contributed by atoms with Gasteiger partial charge >= 0.3 is 0 Å².